The summed E-state index contributed by atoms with van der Waals surface area (Å²) in [6, 6.07) is 10.8. The summed E-state index contributed by atoms with van der Waals surface area (Å²) in [4.78, 5) is 0. The third-order valence-corrected chi connectivity index (χ3v) is 6.39. The predicted molar refractivity (Wildman–Crippen MR) is 85.5 cm³/mol. The van der Waals surface area contributed by atoms with Crippen molar-refractivity contribution in [2.45, 2.75) is 57.5 Å². The molecule has 108 valence electrons. The van der Waals surface area contributed by atoms with Crippen LogP contribution >= 0.6 is 0 Å². The summed E-state index contributed by atoms with van der Waals surface area (Å²) in [5.41, 5.74) is 4.52. The Kier molecular flexibility index (Phi) is 4.65. The molecule has 0 saturated heterocycles. The maximum atomic E-state index is 6.32. The Morgan fingerprint density at radius 1 is 1.05 bits per heavy atom. The Balaban J connectivity index is 1.54. The molecule has 2 aliphatic carbocycles. The standard InChI is InChI=1S/C18H24OSe/c1-18(19-14-20-17-9-3-2-4-10-17)12-11-15-7-5-6-8-16(15)13-18/h2-4,9-10H,5-8,11-14H2,1H3/t18-/m1/s1. The number of hydrogen-bond acceptors (Lipinski definition) is 1. The van der Waals surface area contributed by atoms with Crippen LogP contribution in [0.1, 0.15) is 51.9 Å². The monoisotopic (exact) mass is 336 g/mol. The van der Waals surface area contributed by atoms with Gasteiger partial charge in [-0.05, 0) is 0 Å². The van der Waals surface area contributed by atoms with Gasteiger partial charge in [-0.25, -0.2) is 0 Å². The summed E-state index contributed by atoms with van der Waals surface area (Å²) in [6.07, 6.45) is 9.18. The van der Waals surface area contributed by atoms with Gasteiger partial charge in [0.1, 0.15) is 0 Å². The van der Waals surface area contributed by atoms with Gasteiger partial charge in [-0.2, -0.15) is 0 Å². The van der Waals surface area contributed by atoms with Gasteiger partial charge in [-0.15, -0.1) is 0 Å². The summed E-state index contributed by atoms with van der Waals surface area (Å²) >= 11 is 0.450. The third-order valence-electron chi connectivity index (χ3n) is 4.63. The fourth-order valence-corrected chi connectivity index (χ4v) is 5.12. The molecule has 1 atom stereocenters. The van der Waals surface area contributed by atoms with Crippen LogP contribution < -0.4 is 4.46 Å². The SMILES string of the molecule is C[C@@]1(OC[Se]c2ccccc2)CCC2=C(CCCC2)C1. The first-order chi connectivity index (χ1) is 9.75. The number of hydrogen-bond donors (Lipinski definition) is 0. The van der Waals surface area contributed by atoms with Crippen molar-refractivity contribution in [2.75, 3.05) is 5.51 Å². The fraction of sp³-hybridized carbons (Fsp3) is 0.556. The van der Waals surface area contributed by atoms with E-state index in [1.807, 2.05) is 0 Å². The van der Waals surface area contributed by atoms with E-state index in [9.17, 15) is 0 Å². The molecule has 0 unspecified atom stereocenters. The molecule has 1 aromatic carbocycles. The molecule has 3 rings (SSSR count). The topological polar surface area (TPSA) is 9.23 Å². The van der Waals surface area contributed by atoms with Crippen molar-refractivity contribution in [1.29, 1.82) is 0 Å². The van der Waals surface area contributed by atoms with Gasteiger partial charge in [0.05, 0.1) is 0 Å². The van der Waals surface area contributed by atoms with Crippen LogP contribution in [0.5, 0.6) is 0 Å². The molecular formula is C18H24OSe. The Labute approximate surface area is 129 Å². The van der Waals surface area contributed by atoms with E-state index in [2.05, 4.69) is 37.3 Å². The van der Waals surface area contributed by atoms with Crippen molar-refractivity contribution >= 4 is 19.4 Å². The summed E-state index contributed by atoms with van der Waals surface area (Å²) in [5, 5.41) is 0. The van der Waals surface area contributed by atoms with Gasteiger partial charge in [0, 0.05) is 0 Å². The second kappa shape index (κ2) is 6.47. The Hall–Kier alpha value is -0.561. The van der Waals surface area contributed by atoms with Crippen LogP contribution in [-0.4, -0.2) is 26.1 Å². The second-order valence-corrected chi connectivity index (χ2v) is 8.35. The zero-order valence-corrected chi connectivity index (χ0v) is 14.1. The van der Waals surface area contributed by atoms with E-state index in [1.165, 1.54) is 49.4 Å². The molecule has 0 bridgehead atoms. The second-order valence-electron chi connectivity index (χ2n) is 6.26. The van der Waals surface area contributed by atoms with E-state index in [4.69, 9.17) is 4.74 Å². The average Bonchev–Trinajstić information content (AvgIpc) is 2.48. The molecular weight excluding hydrogens is 311 g/mol. The third kappa shape index (κ3) is 3.55. The number of rotatable bonds is 4. The molecule has 0 fully saturated rings. The van der Waals surface area contributed by atoms with Crippen molar-refractivity contribution in [3.63, 3.8) is 0 Å². The fourth-order valence-electron chi connectivity index (χ4n) is 3.38. The number of allylic oxidation sites excluding steroid dienone is 1. The summed E-state index contributed by atoms with van der Waals surface area (Å²) in [7, 11) is 0. The molecule has 0 N–H and O–H groups in total. The van der Waals surface area contributed by atoms with Crippen molar-refractivity contribution < 1.29 is 4.74 Å². The van der Waals surface area contributed by atoms with Gasteiger partial charge in [-0.1, -0.05) is 0 Å². The van der Waals surface area contributed by atoms with Crippen LogP contribution in [0.4, 0.5) is 0 Å². The minimum atomic E-state index is 0.104. The number of ether oxygens (including phenoxy) is 1. The molecule has 0 amide bonds. The van der Waals surface area contributed by atoms with Crippen molar-refractivity contribution in [1.82, 2.24) is 0 Å². The molecule has 1 aromatic rings. The van der Waals surface area contributed by atoms with Gasteiger partial charge in [0.2, 0.25) is 0 Å². The maximum absolute atomic E-state index is 6.32. The van der Waals surface area contributed by atoms with Crippen LogP contribution in [0.2, 0.25) is 0 Å². The van der Waals surface area contributed by atoms with E-state index in [-0.39, 0.29) is 5.60 Å². The van der Waals surface area contributed by atoms with E-state index in [1.54, 1.807) is 11.1 Å². The van der Waals surface area contributed by atoms with Crippen LogP contribution in [0.25, 0.3) is 0 Å². The minimum absolute atomic E-state index is 0.104. The molecule has 0 aliphatic heterocycles. The van der Waals surface area contributed by atoms with Crippen molar-refractivity contribution in [2.24, 2.45) is 0 Å². The van der Waals surface area contributed by atoms with Gasteiger partial charge in [0.25, 0.3) is 0 Å². The van der Waals surface area contributed by atoms with Gasteiger partial charge in [0.15, 0.2) is 0 Å². The van der Waals surface area contributed by atoms with Crippen LogP contribution in [0.15, 0.2) is 41.5 Å². The van der Waals surface area contributed by atoms with Crippen molar-refractivity contribution in [3.8, 4) is 0 Å². The Bertz CT molecular complexity index is 479. The Morgan fingerprint density at radius 3 is 2.60 bits per heavy atom. The molecule has 1 nitrogen and oxygen atoms in total. The zero-order chi connectivity index (χ0) is 13.8. The van der Waals surface area contributed by atoms with Gasteiger partial charge in [-0.3, -0.25) is 0 Å². The molecule has 0 saturated carbocycles. The van der Waals surface area contributed by atoms with E-state index >= 15 is 0 Å². The van der Waals surface area contributed by atoms with Crippen LogP contribution in [0.3, 0.4) is 0 Å². The zero-order valence-electron chi connectivity index (χ0n) is 12.4. The molecule has 0 heterocycles. The first-order valence-corrected chi connectivity index (χ1v) is 9.84. The molecule has 2 heteroatoms. The summed E-state index contributed by atoms with van der Waals surface area (Å²) in [6.45, 7) is 2.33. The van der Waals surface area contributed by atoms with Crippen molar-refractivity contribution in [3.05, 3.63) is 41.5 Å². The summed E-state index contributed by atoms with van der Waals surface area (Å²) in [5.74, 6) is 0. The van der Waals surface area contributed by atoms with E-state index < -0.39 is 0 Å². The molecule has 20 heavy (non-hydrogen) atoms. The molecule has 0 spiro atoms. The van der Waals surface area contributed by atoms with Crippen LogP contribution in [-0.2, 0) is 4.74 Å². The predicted octanol–water partition coefficient (Wildman–Crippen LogP) is 3.80. The number of benzene rings is 1. The van der Waals surface area contributed by atoms with E-state index in [0.717, 1.165) is 5.51 Å². The molecule has 0 aromatic heterocycles. The van der Waals surface area contributed by atoms with E-state index in [0.29, 0.717) is 15.0 Å². The summed E-state index contributed by atoms with van der Waals surface area (Å²) < 4.78 is 7.76. The first kappa shape index (κ1) is 14.4. The molecule has 0 radical (unpaired) electrons. The van der Waals surface area contributed by atoms with Crippen LogP contribution in [0, 0.1) is 0 Å². The van der Waals surface area contributed by atoms with Gasteiger partial charge >= 0.3 is 129 Å². The first-order valence-electron chi connectivity index (χ1n) is 7.77. The van der Waals surface area contributed by atoms with Gasteiger partial charge < -0.3 is 0 Å². The normalized spacial score (nSPS) is 26.4. The Morgan fingerprint density at radius 2 is 1.80 bits per heavy atom. The average molecular weight is 335 g/mol. The molecule has 2 aliphatic rings. The quantitative estimate of drug-likeness (QED) is 0.601.